The second-order valence-corrected chi connectivity index (χ2v) is 9.12. The number of carbonyl (C=O) groups excluding carboxylic acids is 1. The monoisotopic (exact) mass is 496 g/mol. The van der Waals surface area contributed by atoms with Crippen LogP contribution in [-0.2, 0) is 11.0 Å². The van der Waals surface area contributed by atoms with E-state index in [1.807, 2.05) is 13.8 Å². The predicted molar refractivity (Wildman–Crippen MR) is 119 cm³/mol. The fourth-order valence-electron chi connectivity index (χ4n) is 3.15. The van der Waals surface area contributed by atoms with Gasteiger partial charge in [0.15, 0.2) is 10.7 Å². The van der Waals surface area contributed by atoms with E-state index < -0.39 is 28.7 Å². The van der Waals surface area contributed by atoms with Crippen LogP contribution in [0.5, 0.6) is 6.01 Å². The topological polar surface area (TPSA) is 69.0 Å². The van der Waals surface area contributed by atoms with Gasteiger partial charge in [-0.2, -0.15) is 18.2 Å². The minimum absolute atomic E-state index is 0.0188. The zero-order valence-corrected chi connectivity index (χ0v) is 19.0. The fraction of sp³-hybridized carbons (Fsp3) is 0.348. The second kappa shape index (κ2) is 8.90. The van der Waals surface area contributed by atoms with Crippen molar-refractivity contribution >= 4 is 23.2 Å². The molecule has 1 amide bonds. The van der Waals surface area contributed by atoms with Crippen molar-refractivity contribution in [1.29, 1.82) is 0 Å². The quantitative estimate of drug-likeness (QED) is 0.339. The summed E-state index contributed by atoms with van der Waals surface area (Å²) in [5.41, 5.74) is 0.229. The third kappa shape index (κ3) is 5.01. The molecule has 1 aliphatic rings. The molecule has 0 saturated heterocycles. The van der Waals surface area contributed by atoms with Crippen LogP contribution in [0.1, 0.15) is 25.8 Å². The van der Waals surface area contributed by atoms with Gasteiger partial charge in [0, 0.05) is 17.7 Å². The van der Waals surface area contributed by atoms with Crippen molar-refractivity contribution < 1.29 is 27.1 Å². The van der Waals surface area contributed by atoms with Gasteiger partial charge in [-0.1, -0.05) is 26.0 Å². The Bertz CT molecular complexity index is 1200. The zero-order chi connectivity index (χ0) is 24.7. The second-order valence-electron chi connectivity index (χ2n) is 8.45. The van der Waals surface area contributed by atoms with Crippen molar-refractivity contribution in [3.63, 3.8) is 0 Å². The highest BCUT2D eigenvalue weighted by Crippen LogP contribution is 2.46. The first kappa shape index (κ1) is 24.0. The summed E-state index contributed by atoms with van der Waals surface area (Å²) in [5.74, 6) is -0.295. The van der Waals surface area contributed by atoms with Crippen LogP contribution in [0, 0.1) is 5.92 Å². The van der Waals surface area contributed by atoms with Crippen LogP contribution in [0.15, 0.2) is 48.5 Å². The number of nitrogens with one attached hydrogen (secondary N) is 1. The highest BCUT2D eigenvalue weighted by atomic mass is 35.5. The average molecular weight is 497 g/mol. The van der Waals surface area contributed by atoms with Crippen LogP contribution in [-0.4, -0.2) is 38.3 Å². The van der Waals surface area contributed by atoms with Gasteiger partial charge in [-0.05, 0) is 42.3 Å². The lowest BCUT2D eigenvalue weighted by Crippen LogP contribution is -2.27. The van der Waals surface area contributed by atoms with Gasteiger partial charge in [0.1, 0.15) is 6.17 Å². The normalized spacial score (nSPS) is 19.8. The van der Waals surface area contributed by atoms with Gasteiger partial charge >= 0.3 is 12.2 Å². The van der Waals surface area contributed by atoms with E-state index in [1.165, 1.54) is 16.8 Å². The Morgan fingerprint density at radius 2 is 1.94 bits per heavy atom. The van der Waals surface area contributed by atoms with E-state index in [-0.39, 0.29) is 29.7 Å². The number of alkyl halides is 5. The Balaban J connectivity index is 1.66. The molecule has 1 fully saturated rings. The smallest absolute Gasteiger partial charge is 0.416 e. The first-order valence-electron chi connectivity index (χ1n) is 10.5. The van der Waals surface area contributed by atoms with Gasteiger partial charge in [0.2, 0.25) is 5.91 Å². The third-order valence-corrected chi connectivity index (χ3v) is 5.70. The number of carbonyl (C=O) groups is 1. The Morgan fingerprint density at radius 1 is 1.26 bits per heavy atom. The van der Waals surface area contributed by atoms with Gasteiger partial charge in [0.05, 0.1) is 17.9 Å². The molecule has 4 rings (SSSR count). The number of anilines is 1. The zero-order valence-electron chi connectivity index (χ0n) is 18.2. The number of benzene rings is 2. The van der Waals surface area contributed by atoms with Crippen LogP contribution in [0.2, 0.25) is 0 Å². The van der Waals surface area contributed by atoms with Crippen LogP contribution in [0.25, 0.3) is 17.1 Å². The highest BCUT2D eigenvalue weighted by Gasteiger charge is 2.60. The lowest BCUT2D eigenvalue weighted by atomic mass is 10.1. The Labute approximate surface area is 197 Å². The number of halogens is 5. The van der Waals surface area contributed by atoms with Gasteiger partial charge in [0.25, 0.3) is 0 Å². The van der Waals surface area contributed by atoms with E-state index >= 15 is 0 Å². The van der Waals surface area contributed by atoms with Crippen LogP contribution < -0.4 is 10.1 Å². The predicted octanol–water partition coefficient (Wildman–Crippen LogP) is 5.65. The van der Waals surface area contributed by atoms with E-state index in [1.54, 1.807) is 24.3 Å². The Morgan fingerprint density at radius 3 is 2.53 bits per heavy atom. The van der Waals surface area contributed by atoms with E-state index in [4.69, 9.17) is 16.3 Å². The molecule has 1 saturated carbocycles. The molecule has 0 spiro atoms. The van der Waals surface area contributed by atoms with E-state index in [2.05, 4.69) is 15.4 Å². The summed E-state index contributed by atoms with van der Waals surface area (Å²) in [6.07, 6.45) is -5.95. The molecular formula is C23H21ClF4N4O2. The number of rotatable bonds is 7. The number of hydrogen-bond acceptors (Lipinski definition) is 4. The molecule has 180 valence electrons. The van der Waals surface area contributed by atoms with Gasteiger partial charge in [-0.15, -0.1) is 16.7 Å². The maximum absolute atomic E-state index is 13.3. The molecule has 3 aromatic rings. The van der Waals surface area contributed by atoms with E-state index in [9.17, 15) is 22.4 Å². The van der Waals surface area contributed by atoms with Crippen LogP contribution >= 0.6 is 11.6 Å². The molecule has 1 heterocycles. The number of nitrogens with zero attached hydrogens (tertiary/aromatic N) is 3. The summed E-state index contributed by atoms with van der Waals surface area (Å²) in [4.78, 5) is 14.9. The van der Waals surface area contributed by atoms with Gasteiger partial charge in [-0.25, -0.2) is 9.07 Å². The molecule has 0 aliphatic heterocycles. The number of hydrogen-bond donors (Lipinski definition) is 1. The maximum atomic E-state index is 13.3. The summed E-state index contributed by atoms with van der Waals surface area (Å²) >= 11 is 5.91. The van der Waals surface area contributed by atoms with E-state index in [0.29, 0.717) is 18.0 Å². The molecule has 2 unspecified atom stereocenters. The Kier molecular flexibility index (Phi) is 6.28. The molecule has 1 N–H and O–H groups in total. The third-order valence-electron chi connectivity index (χ3n) is 5.14. The first-order valence-corrected chi connectivity index (χ1v) is 10.9. The summed E-state index contributed by atoms with van der Waals surface area (Å²) < 4.78 is 60.0. The molecule has 1 aliphatic carbocycles. The number of amides is 1. The van der Waals surface area contributed by atoms with E-state index in [0.717, 1.165) is 12.1 Å². The summed E-state index contributed by atoms with van der Waals surface area (Å²) in [7, 11) is 0. The maximum Gasteiger partial charge on any atom is 0.416 e. The molecule has 0 bridgehead atoms. The van der Waals surface area contributed by atoms with Crippen molar-refractivity contribution in [1.82, 2.24) is 14.8 Å². The summed E-state index contributed by atoms with van der Waals surface area (Å²) in [6, 6.07) is 11.1. The first-order chi connectivity index (χ1) is 16.0. The molecule has 2 aromatic carbocycles. The lowest BCUT2D eigenvalue weighted by Gasteiger charge is -2.11. The molecule has 0 radical (unpaired) electrons. The standard InChI is InChI=1S/C23H21ClF4N4O2/c1-13(2)12-34-21-30-19(14-4-3-5-15(10-14)23(26,27)28)32(31-21)17-8-6-16(7-9-17)29-20(33)22(24)11-18(22)25/h3-10,13,18H,11-12H2,1-2H3,(H,29,33). The van der Waals surface area contributed by atoms with Crippen molar-refractivity contribution in [2.75, 3.05) is 11.9 Å². The largest absolute Gasteiger partial charge is 0.462 e. The van der Waals surface area contributed by atoms with Crippen molar-refractivity contribution in [3.8, 4) is 23.1 Å². The SMILES string of the molecule is CC(C)COc1nc(-c2cccc(C(F)(F)F)c2)n(-c2ccc(NC(=O)C3(Cl)CC3F)cc2)n1. The van der Waals surface area contributed by atoms with Gasteiger partial charge < -0.3 is 10.1 Å². The molecular weight excluding hydrogens is 476 g/mol. The Hall–Kier alpha value is -3.14. The van der Waals surface area contributed by atoms with Crippen molar-refractivity contribution in [2.24, 2.45) is 5.92 Å². The van der Waals surface area contributed by atoms with Gasteiger partial charge in [-0.3, -0.25) is 4.79 Å². The number of aromatic nitrogens is 3. The number of ether oxygens (including phenoxy) is 1. The molecule has 2 atom stereocenters. The molecule has 34 heavy (non-hydrogen) atoms. The highest BCUT2D eigenvalue weighted by molar-refractivity contribution is 6.39. The summed E-state index contributed by atoms with van der Waals surface area (Å²) in [5, 5.41) is 6.87. The molecule has 1 aromatic heterocycles. The van der Waals surface area contributed by atoms with Crippen LogP contribution in [0.3, 0.4) is 0 Å². The minimum Gasteiger partial charge on any atom is -0.462 e. The molecule has 11 heteroatoms. The van der Waals surface area contributed by atoms with Crippen LogP contribution in [0.4, 0.5) is 23.2 Å². The average Bonchev–Trinajstić information content (AvgIpc) is 3.20. The fourth-order valence-corrected chi connectivity index (χ4v) is 3.34. The molecule has 6 nitrogen and oxygen atoms in total. The van der Waals surface area contributed by atoms with Crippen molar-refractivity contribution in [3.05, 3.63) is 54.1 Å². The summed E-state index contributed by atoms with van der Waals surface area (Å²) in [6.45, 7) is 4.21. The lowest BCUT2D eigenvalue weighted by molar-refractivity contribution is -0.137. The van der Waals surface area contributed by atoms with Crippen molar-refractivity contribution in [2.45, 2.75) is 37.5 Å². The minimum atomic E-state index is -4.52.